The van der Waals surface area contributed by atoms with Crippen molar-refractivity contribution in [3.63, 3.8) is 0 Å². The van der Waals surface area contributed by atoms with Crippen LogP contribution in [-0.2, 0) is 16.0 Å². The lowest BCUT2D eigenvalue weighted by atomic mass is 10.0. The first-order chi connectivity index (χ1) is 10.2. The van der Waals surface area contributed by atoms with E-state index in [1.54, 1.807) is 9.80 Å². The monoisotopic (exact) mass is 288 g/mol. The quantitative estimate of drug-likeness (QED) is 0.799. The molecule has 0 bridgehead atoms. The Hall–Kier alpha value is -1.84. The largest absolute Gasteiger partial charge is 0.334 e. The highest BCUT2D eigenvalue weighted by molar-refractivity contribution is 6.40. The molecule has 21 heavy (non-hydrogen) atoms. The number of carbonyl (C=O) groups excluding carboxylic acids is 2. The van der Waals surface area contributed by atoms with E-state index in [9.17, 15) is 9.59 Å². The maximum absolute atomic E-state index is 12.6. The Kier molecular flexibility index (Phi) is 5.37. The van der Waals surface area contributed by atoms with E-state index in [0.717, 1.165) is 36.9 Å². The topological polar surface area (TPSA) is 40.6 Å². The summed E-state index contributed by atoms with van der Waals surface area (Å²) in [5, 5.41) is 0. The number of benzene rings is 1. The number of rotatable bonds is 4. The van der Waals surface area contributed by atoms with Crippen LogP contribution in [0.1, 0.15) is 38.7 Å². The Bertz CT molecular complexity index is 507. The number of fused-ring (bicyclic) bond motifs is 1. The molecule has 1 aliphatic rings. The number of nitrogens with zero attached hydrogens (tertiary/aromatic N) is 2. The molecule has 4 heteroatoms. The lowest BCUT2D eigenvalue weighted by Crippen LogP contribution is -2.47. The van der Waals surface area contributed by atoms with Gasteiger partial charge in [-0.05, 0) is 37.3 Å². The van der Waals surface area contributed by atoms with Crippen LogP contribution in [0.25, 0.3) is 0 Å². The van der Waals surface area contributed by atoms with Gasteiger partial charge in [-0.3, -0.25) is 9.59 Å². The Balaban J connectivity index is 2.18. The maximum Gasteiger partial charge on any atom is 0.316 e. The molecule has 4 nitrogen and oxygen atoms in total. The highest BCUT2D eigenvalue weighted by atomic mass is 16.2. The Morgan fingerprint density at radius 3 is 2.48 bits per heavy atom. The van der Waals surface area contributed by atoms with Crippen LogP contribution < -0.4 is 4.90 Å². The van der Waals surface area contributed by atoms with Crippen molar-refractivity contribution >= 4 is 17.5 Å². The van der Waals surface area contributed by atoms with Crippen molar-refractivity contribution in [1.29, 1.82) is 0 Å². The van der Waals surface area contributed by atoms with Crippen LogP contribution in [0.4, 0.5) is 5.69 Å². The van der Waals surface area contributed by atoms with Gasteiger partial charge in [-0.25, -0.2) is 0 Å². The predicted octanol–water partition coefficient (Wildman–Crippen LogP) is 2.61. The van der Waals surface area contributed by atoms with Gasteiger partial charge in [0.25, 0.3) is 0 Å². The summed E-state index contributed by atoms with van der Waals surface area (Å²) in [5.41, 5.74) is 2.05. The first-order valence-corrected chi connectivity index (χ1v) is 7.87. The molecule has 114 valence electrons. The first kappa shape index (κ1) is 15.5. The van der Waals surface area contributed by atoms with E-state index in [0.29, 0.717) is 19.6 Å². The van der Waals surface area contributed by atoms with Crippen molar-refractivity contribution in [2.45, 2.75) is 39.5 Å². The van der Waals surface area contributed by atoms with Crippen molar-refractivity contribution in [3.05, 3.63) is 29.8 Å². The van der Waals surface area contributed by atoms with E-state index in [4.69, 9.17) is 0 Å². The third kappa shape index (κ3) is 3.43. The molecule has 0 N–H and O–H groups in total. The van der Waals surface area contributed by atoms with Crippen LogP contribution in [0.15, 0.2) is 24.3 Å². The van der Waals surface area contributed by atoms with E-state index in [1.807, 2.05) is 38.1 Å². The van der Waals surface area contributed by atoms with Crippen molar-refractivity contribution in [2.24, 2.45) is 0 Å². The standard InChI is InChI=1S/C17H24N2O2/c1-3-11-18(12-4-2)16(20)17(21)19-13-7-9-14-8-5-6-10-15(14)19/h5-6,8,10H,3-4,7,9,11-13H2,1-2H3. The summed E-state index contributed by atoms with van der Waals surface area (Å²) in [6, 6.07) is 7.87. The molecular formula is C17H24N2O2. The zero-order chi connectivity index (χ0) is 15.2. The van der Waals surface area contributed by atoms with Gasteiger partial charge in [0.15, 0.2) is 0 Å². The number of anilines is 1. The van der Waals surface area contributed by atoms with Crippen LogP contribution >= 0.6 is 0 Å². The fourth-order valence-corrected chi connectivity index (χ4v) is 2.85. The van der Waals surface area contributed by atoms with Gasteiger partial charge in [-0.15, -0.1) is 0 Å². The highest BCUT2D eigenvalue weighted by Crippen LogP contribution is 2.26. The molecule has 1 aromatic rings. The van der Waals surface area contributed by atoms with Gasteiger partial charge in [0, 0.05) is 25.3 Å². The molecule has 0 radical (unpaired) electrons. The molecule has 0 unspecified atom stereocenters. The van der Waals surface area contributed by atoms with Crippen molar-refractivity contribution in [2.75, 3.05) is 24.5 Å². The minimum Gasteiger partial charge on any atom is -0.334 e. The van der Waals surface area contributed by atoms with Gasteiger partial charge >= 0.3 is 11.8 Å². The van der Waals surface area contributed by atoms with Gasteiger partial charge in [0.05, 0.1) is 0 Å². The summed E-state index contributed by atoms with van der Waals surface area (Å²) in [7, 11) is 0. The molecule has 2 rings (SSSR count). The fourth-order valence-electron chi connectivity index (χ4n) is 2.85. The van der Waals surface area contributed by atoms with Crippen molar-refractivity contribution in [3.8, 4) is 0 Å². The summed E-state index contributed by atoms with van der Waals surface area (Å²) in [4.78, 5) is 28.4. The molecule has 1 aliphatic heterocycles. The predicted molar refractivity (Wildman–Crippen MR) is 84.3 cm³/mol. The minimum absolute atomic E-state index is 0.365. The minimum atomic E-state index is -0.385. The number of para-hydroxylation sites is 1. The van der Waals surface area contributed by atoms with Crippen LogP contribution in [0, 0.1) is 0 Å². The second-order valence-electron chi connectivity index (χ2n) is 5.48. The van der Waals surface area contributed by atoms with Crippen molar-refractivity contribution in [1.82, 2.24) is 4.90 Å². The number of hydrogen-bond acceptors (Lipinski definition) is 2. The summed E-state index contributed by atoms with van der Waals surface area (Å²) >= 11 is 0. The summed E-state index contributed by atoms with van der Waals surface area (Å²) in [6.07, 6.45) is 3.63. The third-order valence-corrected chi connectivity index (χ3v) is 3.81. The van der Waals surface area contributed by atoms with Gasteiger partial charge in [-0.2, -0.15) is 0 Å². The van der Waals surface area contributed by atoms with E-state index in [-0.39, 0.29) is 11.8 Å². The molecule has 0 aromatic heterocycles. The average molecular weight is 288 g/mol. The molecule has 0 fully saturated rings. The lowest BCUT2D eigenvalue weighted by molar-refractivity contribution is -0.144. The Labute approximate surface area is 126 Å². The molecule has 0 spiro atoms. The number of amides is 2. The highest BCUT2D eigenvalue weighted by Gasteiger charge is 2.29. The van der Waals surface area contributed by atoms with Gasteiger partial charge in [0.1, 0.15) is 0 Å². The van der Waals surface area contributed by atoms with Crippen LogP contribution in [0.3, 0.4) is 0 Å². The molecule has 0 aliphatic carbocycles. The molecular weight excluding hydrogens is 264 g/mol. The molecule has 1 heterocycles. The van der Waals surface area contributed by atoms with Crippen LogP contribution in [0.5, 0.6) is 0 Å². The SMILES string of the molecule is CCCN(CCC)C(=O)C(=O)N1CCCc2ccccc21. The van der Waals surface area contributed by atoms with Crippen LogP contribution in [0.2, 0.25) is 0 Å². The summed E-state index contributed by atoms with van der Waals surface area (Å²) in [6.45, 7) is 5.97. The van der Waals surface area contributed by atoms with E-state index < -0.39 is 0 Å². The molecule has 0 atom stereocenters. The lowest BCUT2D eigenvalue weighted by Gasteiger charge is -2.31. The van der Waals surface area contributed by atoms with E-state index in [1.165, 1.54) is 0 Å². The van der Waals surface area contributed by atoms with Crippen molar-refractivity contribution < 1.29 is 9.59 Å². The van der Waals surface area contributed by atoms with E-state index >= 15 is 0 Å². The smallest absolute Gasteiger partial charge is 0.316 e. The van der Waals surface area contributed by atoms with Gasteiger partial charge < -0.3 is 9.80 Å². The molecule has 0 saturated heterocycles. The fraction of sp³-hybridized carbons (Fsp3) is 0.529. The summed E-state index contributed by atoms with van der Waals surface area (Å²) < 4.78 is 0. The van der Waals surface area contributed by atoms with E-state index in [2.05, 4.69) is 0 Å². The Morgan fingerprint density at radius 2 is 1.81 bits per heavy atom. The number of carbonyl (C=O) groups is 2. The first-order valence-electron chi connectivity index (χ1n) is 7.87. The molecule has 0 saturated carbocycles. The average Bonchev–Trinajstić information content (AvgIpc) is 2.52. The molecule has 1 aromatic carbocycles. The third-order valence-electron chi connectivity index (χ3n) is 3.81. The Morgan fingerprint density at radius 1 is 1.14 bits per heavy atom. The maximum atomic E-state index is 12.6. The van der Waals surface area contributed by atoms with Crippen LogP contribution in [-0.4, -0.2) is 36.3 Å². The molecule has 2 amide bonds. The summed E-state index contributed by atoms with van der Waals surface area (Å²) in [5.74, 6) is -0.751. The second kappa shape index (κ2) is 7.25. The van der Waals surface area contributed by atoms with Gasteiger partial charge in [-0.1, -0.05) is 32.0 Å². The number of aryl methyl sites for hydroxylation is 1. The zero-order valence-corrected chi connectivity index (χ0v) is 13.0. The second-order valence-corrected chi connectivity index (χ2v) is 5.48. The normalized spacial score (nSPS) is 13.7. The zero-order valence-electron chi connectivity index (χ0n) is 13.0. The number of hydrogen-bond donors (Lipinski definition) is 0. The van der Waals surface area contributed by atoms with Gasteiger partial charge in [0.2, 0.25) is 0 Å².